The van der Waals surface area contributed by atoms with Crippen molar-refractivity contribution in [3.05, 3.63) is 71.3 Å². The number of aryl methyl sites for hydroxylation is 1. The van der Waals surface area contributed by atoms with Crippen molar-refractivity contribution in [1.82, 2.24) is 9.78 Å². The van der Waals surface area contributed by atoms with Crippen LogP contribution in [-0.2, 0) is 16.4 Å². The summed E-state index contributed by atoms with van der Waals surface area (Å²) in [6, 6.07) is 13.3. The molecular weight excluding hydrogens is 415 g/mol. The highest BCUT2D eigenvalue weighted by Crippen LogP contribution is 2.26. The second-order valence-corrected chi connectivity index (χ2v) is 7.30. The van der Waals surface area contributed by atoms with Gasteiger partial charge in [0.2, 0.25) is 6.10 Å². The van der Waals surface area contributed by atoms with E-state index < -0.39 is 6.10 Å². The van der Waals surface area contributed by atoms with Crippen LogP contribution in [0.4, 0.5) is 10.1 Å². The Labute approximate surface area is 184 Å². The molecule has 0 saturated carbocycles. The van der Waals surface area contributed by atoms with Crippen LogP contribution in [0.15, 0.2) is 53.7 Å². The fraction of sp³-hybridized carbons (Fsp3) is 0.261. The Balaban J connectivity index is 1.41. The van der Waals surface area contributed by atoms with E-state index in [1.165, 1.54) is 12.1 Å². The molecule has 3 aromatic rings. The van der Waals surface area contributed by atoms with E-state index in [9.17, 15) is 9.18 Å². The highest BCUT2D eigenvalue weighted by molar-refractivity contribution is 6.07. The zero-order valence-electron chi connectivity index (χ0n) is 18.0. The zero-order valence-corrected chi connectivity index (χ0v) is 18.0. The molecule has 0 spiro atoms. The first-order valence-corrected chi connectivity index (χ1v) is 10.1. The van der Waals surface area contributed by atoms with Gasteiger partial charge in [0, 0.05) is 18.1 Å². The van der Waals surface area contributed by atoms with Gasteiger partial charge < -0.3 is 19.6 Å². The number of aromatic nitrogens is 2. The average Bonchev–Trinajstić information content (AvgIpc) is 3.38. The molecule has 1 N–H and O–H groups in total. The number of nitrogens with one attached hydrogen (secondary N) is 1. The van der Waals surface area contributed by atoms with Crippen molar-refractivity contribution in [3.8, 4) is 11.5 Å². The third kappa shape index (κ3) is 4.41. The number of carbonyl (C=O) groups excluding carboxylic acids is 1. The van der Waals surface area contributed by atoms with Crippen molar-refractivity contribution >= 4 is 17.3 Å². The Morgan fingerprint density at radius 1 is 1.25 bits per heavy atom. The second-order valence-electron chi connectivity index (χ2n) is 7.30. The smallest absolute Gasteiger partial charge is 0.268 e. The van der Waals surface area contributed by atoms with Gasteiger partial charge in [0.25, 0.3) is 5.91 Å². The Kier molecular flexibility index (Phi) is 6.07. The molecule has 1 aliphatic heterocycles. The minimum absolute atomic E-state index is 0.0764. The molecule has 0 bridgehead atoms. The van der Waals surface area contributed by atoms with Crippen LogP contribution in [0.5, 0.6) is 11.5 Å². The number of methoxy groups -OCH3 is 1. The van der Waals surface area contributed by atoms with E-state index in [1.807, 2.05) is 31.2 Å². The van der Waals surface area contributed by atoms with Gasteiger partial charge >= 0.3 is 0 Å². The van der Waals surface area contributed by atoms with Gasteiger partial charge in [0.1, 0.15) is 17.3 Å². The van der Waals surface area contributed by atoms with Crippen LogP contribution in [0.1, 0.15) is 23.4 Å². The predicted octanol–water partition coefficient (Wildman–Crippen LogP) is 3.82. The Bertz CT molecular complexity index is 1170. The molecule has 1 aliphatic rings. The van der Waals surface area contributed by atoms with E-state index in [0.717, 1.165) is 5.56 Å². The highest BCUT2D eigenvalue weighted by Gasteiger charge is 2.31. The lowest BCUT2D eigenvalue weighted by Crippen LogP contribution is -2.28. The van der Waals surface area contributed by atoms with Crippen LogP contribution in [0.2, 0.25) is 0 Å². The molecule has 0 saturated heterocycles. The average molecular weight is 438 g/mol. The van der Waals surface area contributed by atoms with Gasteiger partial charge in [0.15, 0.2) is 6.73 Å². The molecule has 2 aromatic carbocycles. The first kappa shape index (κ1) is 21.4. The van der Waals surface area contributed by atoms with E-state index >= 15 is 0 Å². The fourth-order valence-electron chi connectivity index (χ4n) is 3.46. The molecule has 1 amide bonds. The van der Waals surface area contributed by atoms with Crippen LogP contribution in [0.25, 0.3) is 0 Å². The number of benzene rings is 2. The molecule has 1 aromatic heterocycles. The summed E-state index contributed by atoms with van der Waals surface area (Å²) < 4.78 is 25.9. The van der Waals surface area contributed by atoms with E-state index in [4.69, 9.17) is 14.3 Å². The number of halogens is 1. The number of nitrogens with zero attached hydrogens (tertiary/aromatic N) is 3. The van der Waals surface area contributed by atoms with E-state index in [2.05, 4.69) is 15.6 Å². The molecule has 166 valence electrons. The minimum atomic E-state index is -0.763. The Morgan fingerprint density at radius 3 is 2.84 bits per heavy atom. The second kappa shape index (κ2) is 9.09. The molecule has 32 heavy (non-hydrogen) atoms. The number of anilines is 1. The number of ether oxygens (including phenoxy) is 2. The highest BCUT2D eigenvalue weighted by atomic mass is 19.1. The summed E-state index contributed by atoms with van der Waals surface area (Å²) in [5.74, 6) is 0.358. The van der Waals surface area contributed by atoms with Gasteiger partial charge in [-0.05, 0) is 38.1 Å². The van der Waals surface area contributed by atoms with E-state index in [0.29, 0.717) is 40.7 Å². The van der Waals surface area contributed by atoms with E-state index in [1.54, 1.807) is 30.8 Å². The third-order valence-electron chi connectivity index (χ3n) is 5.16. The molecule has 0 radical (unpaired) electrons. The number of para-hydroxylation sites is 1. The summed E-state index contributed by atoms with van der Waals surface area (Å²) in [7, 11) is 1.58. The van der Waals surface area contributed by atoms with Crippen LogP contribution >= 0.6 is 0 Å². The van der Waals surface area contributed by atoms with Gasteiger partial charge in [-0.3, -0.25) is 4.79 Å². The van der Waals surface area contributed by atoms with Crippen molar-refractivity contribution in [2.24, 2.45) is 5.16 Å². The quantitative estimate of drug-likeness (QED) is 0.606. The van der Waals surface area contributed by atoms with Crippen LogP contribution in [0, 0.1) is 19.7 Å². The van der Waals surface area contributed by atoms with Crippen LogP contribution in [-0.4, -0.2) is 34.6 Å². The molecule has 8 nitrogen and oxygen atoms in total. The fourth-order valence-corrected chi connectivity index (χ4v) is 3.46. The first-order chi connectivity index (χ1) is 15.5. The molecular formula is C23H23FN4O4. The summed E-state index contributed by atoms with van der Waals surface area (Å²) in [5, 5.41) is 11.4. The maximum Gasteiger partial charge on any atom is 0.268 e. The summed E-state index contributed by atoms with van der Waals surface area (Å²) >= 11 is 0. The van der Waals surface area contributed by atoms with E-state index in [-0.39, 0.29) is 18.5 Å². The van der Waals surface area contributed by atoms with Crippen LogP contribution < -0.4 is 14.8 Å². The number of oxime groups is 1. The van der Waals surface area contributed by atoms with Crippen molar-refractivity contribution < 1.29 is 23.5 Å². The topological polar surface area (TPSA) is 87.0 Å². The van der Waals surface area contributed by atoms with Gasteiger partial charge in [-0.2, -0.15) is 5.10 Å². The lowest BCUT2D eigenvalue weighted by molar-refractivity contribution is -0.125. The standard InChI is InChI=1S/C23H23FN4O4/c1-14-22(15(2)28(26-14)13-31-17-8-6-7-16(24)11-17)25-23(29)21-12-19(27-32-21)18-9-4-5-10-20(18)30-3/h4-11,21H,12-13H2,1-3H3,(H,25,29). The minimum Gasteiger partial charge on any atom is -0.496 e. The molecule has 1 unspecified atom stereocenters. The molecule has 4 rings (SSSR count). The SMILES string of the molecule is COc1ccccc1C1=NOC(C(=O)Nc2c(C)nn(COc3cccc(F)c3)c2C)C1. The van der Waals surface area contributed by atoms with Crippen LogP contribution in [0.3, 0.4) is 0 Å². The Hall–Kier alpha value is -3.88. The molecule has 0 fully saturated rings. The molecule has 2 heterocycles. The van der Waals surface area contributed by atoms with Gasteiger partial charge in [-0.1, -0.05) is 23.4 Å². The summed E-state index contributed by atoms with van der Waals surface area (Å²) in [5.41, 5.74) is 3.35. The molecule has 0 aliphatic carbocycles. The van der Waals surface area contributed by atoms with Crippen molar-refractivity contribution in [2.45, 2.75) is 33.1 Å². The number of hydrogen-bond donors (Lipinski definition) is 1. The number of carbonyl (C=O) groups is 1. The first-order valence-electron chi connectivity index (χ1n) is 10.1. The summed E-state index contributed by atoms with van der Waals surface area (Å²) in [6.07, 6.45) is -0.443. The maximum absolute atomic E-state index is 13.3. The summed E-state index contributed by atoms with van der Waals surface area (Å²) in [6.45, 7) is 3.68. The third-order valence-corrected chi connectivity index (χ3v) is 5.16. The normalized spacial score (nSPS) is 15.1. The van der Waals surface area contributed by atoms with Gasteiger partial charge in [-0.25, -0.2) is 9.07 Å². The molecule has 1 atom stereocenters. The van der Waals surface area contributed by atoms with Crippen molar-refractivity contribution in [1.29, 1.82) is 0 Å². The number of amides is 1. The predicted molar refractivity (Wildman–Crippen MR) is 116 cm³/mol. The number of hydrogen-bond acceptors (Lipinski definition) is 6. The van der Waals surface area contributed by atoms with Gasteiger partial charge in [0.05, 0.1) is 29.9 Å². The monoisotopic (exact) mass is 438 g/mol. The lowest BCUT2D eigenvalue weighted by atomic mass is 10.0. The number of rotatable bonds is 7. The zero-order chi connectivity index (χ0) is 22.7. The van der Waals surface area contributed by atoms with Crippen molar-refractivity contribution in [2.75, 3.05) is 12.4 Å². The largest absolute Gasteiger partial charge is 0.496 e. The summed E-state index contributed by atoms with van der Waals surface area (Å²) in [4.78, 5) is 18.2. The van der Waals surface area contributed by atoms with Crippen molar-refractivity contribution in [3.63, 3.8) is 0 Å². The molecule has 9 heteroatoms. The maximum atomic E-state index is 13.3. The Morgan fingerprint density at radius 2 is 2.06 bits per heavy atom. The van der Waals surface area contributed by atoms with Gasteiger partial charge in [-0.15, -0.1) is 0 Å². The lowest BCUT2D eigenvalue weighted by Gasteiger charge is -2.11.